The quantitative estimate of drug-likeness (QED) is 0.720. The number of rotatable bonds is 0. The van der Waals surface area contributed by atoms with E-state index in [-0.39, 0.29) is 23.5 Å². The fraction of sp³-hybridized carbons (Fsp3) is 0.833. The first-order valence-corrected chi connectivity index (χ1v) is 8.60. The monoisotopic (exact) mass is 290 g/mol. The van der Waals surface area contributed by atoms with Gasteiger partial charge in [0.25, 0.3) is 0 Å². The van der Waals surface area contributed by atoms with Crippen LogP contribution in [0.3, 0.4) is 0 Å². The second-order valence-corrected chi connectivity index (χ2v) is 8.09. The van der Waals surface area contributed by atoms with Crippen molar-refractivity contribution >= 4 is 5.78 Å². The maximum Gasteiger partial charge on any atom is 0.155 e. The summed E-state index contributed by atoms with van der Waals surface area (Å²) in [5, 5.41) is 20.9. The van der Waals surface area contributed by atoms with Crippen molar-refractivity contribution in [1.29, 1.82) is 0 Å². The molecule has 0 aromatic carbocycles. The van der Waals surface area contributed by atoms with Crippen molar-refractivity contribution in [1.82, 2.24) is 0 Å². The molecule has 0 saturated heterocycles. The average molecular weight is 290 g/mol. The van der Waals surface area contributed by atoms with Gasteiger partial charge in [-0.25, -0.2) is 0 Å². The van der Waals surface area contributed by atoms with E-state index in [1.165, 1.54) is 5.57 Å². The van der Waals surface area contributed by atoms with Crippen LogP contribution in [0.5, 0.6) is 0 Å². The number of hydrogen-bond acceptors (Lipinski definition) is 3. The molecule has 3 fully saturated rings. The molecule has 0 spiro atoms. The molecule has 0 bridgehead atoms. The Balaban J connectivity index is 1.66. The van der Waals surface area contributed by atoms with E-state index in [9.17, 15) is 15.0 Å². The summed E-state index contributed by atoms with van der Waals surface area (Å²) in [6.07, 6.45) is 7.77. The molecule has 2 N–H and O–H groups in total. The Labute approximate surface area is 126 Å². The van der Waals surface area contributed by atoms with Crippen LogP contribution in [-0.2, 0) is 4.79 Å². The van der Waals surface area contributed by atoms with Crippen LogP contribution < -0.4 is 0 Å². The van der Waals surface area contributed by atoms with E-state index >= 15 is 0 Å². The molecule has 21 heavy (non-hydrogen) atoms. The first kappa shape index (κ1) is 14.0. The van der Waals surface area contributed by atoms with Crippen molar-refractivity contribution in [3.05, 3.63) is 11.6 Å². The van der Waals surface area contributed by atoms with Crippen LogP contribution >= 0.6 is 0 Å². The maximum absolute atomic E-state index is 11.7. The van der Waals surface area contributed by atoms with Crippen molar-refractivity contribution in [2.24, 2.45) is 29.1 Å². The van der Waals surface area contributed by atoms with Crippen LogP contribution in [0.15, 0.2) is 11.6 Å². The predicted octanol–water partition coefficient (Wildman–Crippen LogP) is 2.46. The number of aliphatic hydroxyl groups excluding tert-OH is 2. The molecule has 0 heterocycles. The van der Waals surface area contributed by atoms with E-state index in [1.54, 1.807) is 0 Å². The number of aliphatic hydroxyl groups is 2. The summed E-state index contributed by atoms with van der Waals surface area (Å²) in [5.74, 6) is 2.28. The molecule has 4 aliphatic carbocycles. The topological polar surface area (TPSA) is 57.5 Å². The van der Waals surface area contributed by atoms with Gasteiger partial charge in [-0.15, -0.1) is 0 Å². The van der Waals surface area contributed by atoms with E-state index in [1.807, 2.05) is 6.08 Å². The molecule has 116 valence electrons. The van der Waals surface area contributed by atoms with Gasteiger partial charge in [0.2, 0.25) is 0 Å². The van der Waals surface area contributed by atoms with Crippen LogP contribution in [0.4, 0.5) is 0 Å². The minimum absolute atomic E-state index is 0.0910. The van der Waals surface area contributed by atoms with Gasteiger partial charge in [0.15, 0.2) is 5.78 Å². The summed E-state index contributed by atoms with van der Waals surface area (Å²) in [5.41, 5.74) is 1.29. The number of fused-ring (bicyclic) bond motifs is 5. The van der Waals surface area contributed by atoms with Crippen LogP contribution in [0.2, 0.25) is 0 Å². The predicted molar refractivity (Wildman–Crippen MR) is 79.5 cm³/mol. The Kier molecular flexibility index (Phi) is 3.10. The highest BCUT2D eigenvalue weighted by Gasteiger charge is 2.59. The summed E-state index contributed by atoms with van der Waals surface area (Å²) in [4.78, 5) is 11.7. The number of ketones is 1. The summed E-state index contributed by atoms with van der Waals surface area (Å²) < 4.78 is 0. The summed E-state index contributed by atoms with van der Waals surface area (Å²) in [7, 11) is 0. The largest absolute Gasteiger partial charge is 0.393 e. The fourth-order valence-corrected chi connectivity index (χ4v) is 6.21. The third-order valence-electron chi connectivity index (χ3n) is 7.24. The molecular formula is C18H26O3. The molecule has 0 aromatic heterocycles. The van der Waals surface area contributed by atoms with Crippen molar-refractivity contribution in [3.63, 3.8) is 0 Å². The molecule has 0 unspecified atom stereocenters. The maximum atomic E-state index is 11.7. The van der Waals surface area contributed by atoms with Crippen LogP contribution in [0.25, 0.3) is 0 Å². The molecule has 0 aliphatic heterocycles. The van der Waals surface area contributed by atoms with Gasteiger partial charge in [-0.3, -0.25) is 4.79 Å². The Hall–Kier alpha value is -0.670. The highest BCUT2D eigenvalue weighted by Crippen LogP contribution is 2.61. The van der Waals surface area contributed by atoms with Gasteiger partial charge in [-0.2, -0.15) is 0 Å². The average Bonchev–Trinajstić information content (AvgIpc) is 2.68. The molecule has 0 radical (unpaired) electrons. The Bertz CT molecular complexity index is 497. The van der Waals surface area contributed by atoms with Gasteiger partial charge in [-0.1, -0.05) is 12.5 Å². The Morgan fingerprint density at radius 1 is 1.14 bits per heavy atom. The number of carbonyl (C=O) groups is 1. The summed E-state index contributed by atoms with van der Waals surface area (Å²) in [6.45, 7) is 2.19. The molecular weight excluding hydrogens is 264 g/mol. The molecule has 3 saturated carbocycles. The second kappa shape index (κ2) is 4.66. The third-order valence-corrected chi connectivity index (χ3v) is 7.24. The minimum Gasteiger partial charge on any atom is -0.393 e. The molecule has 4 aliphatic rings. The van der Waals surface area contributed by atoms with Crippen LogP contribution in [0.1, 0.15) is 51.9 Å². The third kappa shape index (κ3) is 1.90. The highest BCUT2D eigenvalue weighted by molar-refractivity contribution is 5.91. The van der Waals surface area contributed by atoms with Gasteiger partial charge in [0.1, 0.15) is 0 Å². The summed E-state index contributed by atoms with van der Waals surface area (Å²) in [6, 6.07) is 0. The molecule has 0 amide bonds. The van der Waals surface area contributed by atoms with Crippen molar-refractivity contribution < 1.29 is 15.0 Å². The van der Waals surface area contributed by atoms with Crippen LogP contribution in [-0.4, -0.2) is 28.2 Å². The lowest BCUT2D eigenvalue weighted by Crippen LogP contribution is -2.49. The van der Waals surface area contributed by atoms with E-state index in [2.05, 4.69) is 6.92 Å². The van der Waals surface area contributed by atoms with Crippen molar-refractivity contribution in [2.75, 3.05) is 0 Å². The van der Waals surface area contributed by atoms with E-state index in [4.69, 9.17) is 0 Å². The fourth-order valence-electron chi connectivity index (χ4n) is 6.21. The lowest BCUT2D eigenvalue weighted by atomic mass is 9.52. The molecule has 7 atom stereocenters. The van der Waals surface area contributed by atoms with E-state index in [0.29, 0.717) is 36.4 Å². The Morgan fingerprint density at radius 2 is 1.95 bits per heavy atom. The van der Waals surface area contributed by atoms with Gasteiger partial charge in [0.05, 0.1) is 12.2 Å². The van der Waals surface area contributed by atoms with Gasteiger partial charge in [-0.05, 0) is 67.3 Å². The van der Waals surface area contributed by atoms with Crippen molar-refractivity contribution in [2.45, 2.75) is 64.1 Å². The number of allylic oxidation sites excluding steroid dienone is 1. The number of carbonyl (C=O) groups excluding carboxylic acids is 1. The number of hydrogen-bond donors (Lipinski definition) is 2. The zero-order chi connectivity index (χ0) is 14.8. The lowest BCUT2D eigenvalue weighted by molar-refractivity contribution is -0.116. The molecule has 3 nitrogen and oxygen atoms in total. The van der Waals surface area contributed by atoms with Gasteiger partial charge in [0, 0.05) is 12.8 Å². The zero-order valence-corrected chi connectivity index (χ0v) is 12.8. The zero-order valence-electron chi connectivity index (χ0n) is 12.8. The summed E-state index contributed by atoms with van der Waals surface area (Å²) >= 11 is 0. The van der Waals surface area contributed by atoms with Gasteiger partial charge >= 0.3 is 0 Å². The normalized spacial score (nSPS) is 52.7. The molecule has 3 heteroatoms. The smallest absolute Gasteiger partial charge is 0.155 e. The highest BCUT2D eigenvalue weighted by atomic mass is 16.3. The lowest BCUT2D eigenvalue weighted by Gasteiger charge is -2.53. The van der Waals surface area contributed by atoms with Crippen molar-refractivity contribution in [3.8, 4) is 0 Å². The SMILES string of the molecule is C[C@]12CC[C@H]3[C@@H](CCC4=CC(=O)CC[C@@H]43)[C@@H]1[C@@H](O)C[C@@H]2O. The Morgan fingerprint density at radius 3 is 2.76 bits per heavy atom. The molecule has 4 rings (SSSR count). The van der Waals surface area contributed by atoms with Crippen LogP contribution in [0, 0.1) is 29.1 Å². The first-order valence-electron chi connectivity index (χ1n) is 8.60. The van der Waals surface area contributed by atoms with E-state index in [0.717, 1.165) is 32.1 Å². The molecule has 0 aromatic rings. The standard InChI is InChI=1S/C18H26O3/c1-18-7-6-13-12-5-3-11(19)8-10(12)2-4-14(13)17(18)15(20)9-16(18)21/h8,12-17,20-21H,2-7,9H2,1H3/t12-,13+,14+,15-,16-,17+,18+/m0/s1. The second-order valence-electron chi connectivity index (χ2n) is 8.09. The van der Waals surface area contributed by atoms with Gasteiger partial charge < -0.3 is 10.2 Å². The minimum atomic E-state index is -0.344. The first-order chi connectivity index (χ1) is 10.0. The van der Waals surface area contributed by atoms with E-state index < -0.39 is 0 Å².